The summed E-state index contributed by atoms with van der Waals surface area (Å²) in [4.78, 5) is 40.6. The number of ether oxygens (including phenoxy) is 1. The highest BCUT2D eigenvalue weighted by Gasteiger charge is 2.22. The molecule has 0 bridgehead atoms. The van der Waals surface area contributed by atoms with Crippen molar-refractivity contribution in [2.45, 2.75) is 19.9 Å². The molecule has 0 aliphatic carbocycles. The summed E-state index contributed by atoms with van der Waals surface area (Å²) in [5.74, 6) is -0.477. The molecule has 0 saturated heterocycles. The molecule has 0 saturated carbocycles. The molecule has 6 nitrogen and oxygen atoms in total. The molecule has 22 heavy (non-hydrogen) atoms. The monoisotopic (exact) mass is 300 g/mol. The number of H-pyrrole nitrogens is 1. The Labute approximate surface area is 126 Å². The first-order valence-corrected chi connectivity index (χ1v) is 7.03. The highest BCUT2D eigenvalue weighted by Crippen LogP contribution is 2.19. The van der Waals surface area contributed by atoms with E-state index >= 15 is 0 Å². The molecule has 2 heterocycles. The number of fused-ring (bicyclic) bond motifs is 2. The fourth-order valence-electron chi connectivity index (χ4n) is 2.79. The molecule has 0 atom stereocenters. The summed E-state index contributed by atoms with van der Waals surface area (Å²) < 4.78 is 4.69. The van der Waals surface area contributed by atoms with Crippen molar-refractivity contribution in [2.75, 3.05) is 13.7 Å². The number of nitrogens with zero attached hydrogens (tertiary/aromatic N) is 1. The number of hydrogen-bond donors (Lipinski definition) is 1. The van der Waals surface area contributed by atoms with Crippen molar-refractivity contribution in [2.24, 2.45) is 0 Å². The van der Waals surface area contributed by atoms with Crippen LogP contribution in [0.5, 0.6) is 0 Å². The van der Waals surface area contributed by atoms with E-state index in [1.54, 1.807) is 23.1 Å². The van der Waals surface area contributed by atoms with Crippen molar-refractivity contribution in [1.29, 1.82) is 0 Å². The summed E-state index contributed by atoms with van der Waals surface area (Å²) in [6, 6.07) is 4.81. The Bertz CT molecular complexity index is 838. The fourth-order valence-corrected chi connectivity index (χ4v) is 2.79. The van der Waals surface area contributed by atoms with E-state index in [1.165, 1.54) is 14.0 Å². The standard InChI is InChI=1S/C16H16N2O4/c1-9(19)18-6-5-13-12(8-18)15(20)11-4-3-10(16(21)22-2)7-14(11)17-13/h3-4,7H,5-6,8H2,1-2H3,(H,17,20). The third kappa shape index (κ3) is 2.26. The highest BCUT2D eigenvalue weighted by molar-refractivity contribution is 5.94. The third-order valence-electron chi connectivity index (χ3n) is 4.04. The van der Waals surface area contributed by atoms with Crippen molar-refractivity contribution in [1.82, 2.24) is 9.88 Å². The molecule has 6 heteroatoms. The number of hydrogen-bond acceptors (Lipinski definition) is 4. The van der Waals surface area contributed by atoms with Gasteiger partial charge in [-0.3, -0.25) is 9.59 Å². The van der Waals surface area contributed by atoms with Gasteiger partial charge in [-0.25, -0.2) is 4.79 Å². The van der Waals surface area contributed by atoms with E-state index in [4.69, 9.17) is 4.74 Å². The van der Waals surface area contributed by atoms with Crippen LogP contribution in [0.15, 0.2) is 23.0 Å². The summed E-state index contributed by atoms with van der Waals surface area (Å²) in [5, 5.41) is 0.511. The average molecular weight is 300 g/mol. The molecule has 2 aromatic rings. The number of carbonyl (C=O) groups excluding carboxylic acids is 2. The number of carbonyl (C=O) groups is 2. The van der Waals surface area contributed by atoms with Crippen LogP contribution in [0.1, 0.15) is 28.5 Å². The zero-order chi connectivity index (χ0) is 15.9. The topological polar surface area (TPSA) is 79.5 Å². The van der Waals surface area contributed by atoms with E-state index in [0.29, 0.717) is 41.5 Å². The van der Waals surface area contributed by atoms with Gasteiger partial charge in [0.1, 0.15) is 0 Å². The summed E-state index contributed by atoms with van der Waals surface area (Å²) in [6.45, 7) is 2.41. The maximum Gasteiger partial charge on any atom is 0.337 e. The molecule has 1 amide bonds. The maximum absolute atomic E-state index is 12.6. The summed E-state index contributed by atoms with van der Waals surface area (Å²) in [5.41, 5.74) is 2.37. The second-order valence-electron chi connectivity index (χ2n) is 5.35. The second kappa shape index (κ2) is 5.29. The molecule has 0 unspecified atom stereocenters. The number of aromatic amines is 1. The Morgan fingerprint density at radius 2 is 2.09 bits per heavy atom. The van der Waals surface area contributed by atoms with Crippen LogP contribution >= 0.6 is 0 Å². The molecule has 0 fully saturated rings. The first-order valence-electron chi connectivity index (χ1n) is 7.03. The van der Waals surface area contributed by atoms with Crippen LogP contribution in [0.3, 0.4) is 0 Å². The summed E-state index contributed by atoms with van der Waals surface area (Å²) in [7, 11) is 1.32. The number of nitrogens with one attached hydrogen (secondary N) is 1. The molecule has 3 rings (SSSR count). The van der Waals surface area contributed by atoms with Gasteiger partial charge in [0.25, 0.3) is 0 Å². The van der Waals surface area contributed by atoms with E-state index in [0.717, 1.165) is 5.69 Å². The van der Waals surface area contributed by atoms with Crippen LogP contribution in [0.4, 0.5) is 0 Å². The van der Waals surface area contributed by atoms with E-state index in [2.05, 4.69) is 4.98 Å². The fraction of sp³-hybridized carbons (Fsp3) is 0.312. The lowest BCUT2D eigenvalue weighted by molar-refractivity contribution is -0.129. The predicted molar refractivity (Wildman–Crippen MR) is 80.7 cm³/mol. The van der Waals surface area contributed by atoms with Gasteiger partial charge in [0.05, 0.1) is 24.7 Å². The first kappa shape index (κ1) is 14.3. The van der Waals surface area contributed by atoms with Crippen molar-refractivity contribution >= 4 is 22.8 Å². The smallest absolute Gasteiger partial charge is 0.337 e. The van der Waals surface area contributed by atoms with Gasteiger partial charge in [-0.2, -0.15) is 0 Å². The SMILES string of the molecule is COC(=O)c1ccc2c(=O)c3c([nH]c2c1)CCN(C(C)=O)C3. The van der Waals surface area contributed by atoms with E-state index < -0.39 is 5.97 Å². The van der Waals surface area contributed by atoms with Gasteiger partial charge in [0, 0.05) is 36.5 Å². The number of rotatable bonds is 1. The zero-order valence-corrected chi connectivity index (χ0v) is 12.4. The van der Waals surface area contributed by atoms with Gasteiger partial charge in [0.2, 0.25) is 5.91 Å². The van der Waals surface area contributed by atoms with Gasteiger partial charge in [-0.1, -0.05) is 0 Å². The van der Waals surface area contributed by atoms with E-state index in [9.17, 15) is 14.4 Å². The van der Waals surface area contributed by atoms with Crippen LogP contribution in [-0.2, 0) is 22.5 Å². The first-order chi connectivity index (χ1) is 10.5. The lowest BCUT2D eigenvalue weighted by Gasteiger charge is -2.27. The van der Waals surface area contributed by atoms with Crippen LogP contribution in [-0.4, -0.2) is 35.4 Å². The van der Waals surface area contributed by atoms with Crippen molar-refractivity contribution < 1.29 is 14.3 Å². The summed E-state index contributed by atoms with van der Waals surface area (Å²) in [6.07, 6.45) is 0.600. The number of amides is 1. The van der Waals surface area contributed by atoms with Crippen LogP contribution in [0.2, 0.25) is 0 Å². The molecule has 1 aliphatic rings. The Morgan fingerprint density at radius 3 is 2.77 bits per heavy atom. The zero-order valence-electron chi connectivity index (χ0n) is 12.4. The Balaban J connectivity index is 2.14. The van der Waals surface area contributed by atoms with Gasteiger partial charge in [-0.15, -0.1) is 0 Å². The lowest BCUT2D eigenvalue weighted by atomic mass is 10.0. The minimum absolute atomic E-state index is 0.0359. The van der Waals surface area contributed by atoms with Crippen molar-refractivity contribution in [3.8, 4) is 0 Å². The van der Waals surface area contributed by atoms with Crippen molar-refractivity contribution in [3.63, 3.8) is 0 Å². The Morgan fingerprint density at radius 1 is 1.32 bits per heavy atom. The minimum atomic E-state index is -0.441. The molecule has 1 aliphatic heterocycles. The number of aromatic nitrogens is 1. The summed E-state index contributed by atoms with van der Waals surface area (Å²) >= 11 is 0. The molecular weight excluding hydrogens is 284 g/mol. The van der Waals surface area contributed by atoms with Crippen molar-refractivity contribution in [3.05, 3.63) is 45.2 Å². The third-order valence-corrected chi connectivity index (χ3v) is 4.04. The van der Waals surface area contributed by atoms with Gasteiger partial charge in [-0.05, 0) is 18.2 Å². The van der Waals surface area contributed by atoms with Crippen LogP contribution in [0, 0.1) is 0 Å². The molecular formula is C16H16N2O4. The van der Waals surface area contributed by atoms with Gasteiger partial charge < -0.3 is 14.6 Å². The van der Waals surface area contributed by atoms with Crippen LogP contribution in [0.25, 0.3) is 10.9 Å². The Kier molecular flexibility index (Phi) is 3.44. The average Bonchev–Trinajstić information content (AvgIpc) is 2.53. The highest BCUT2D eigenvalue weighted by atomic mass is 16.5. The van der Waals surface area contributed by atoms with E-state index in [1.807, 2.05) is 0 Å². The minimum Gasteiger partial charge on any atom is -0.465 e. The second-order valence-corrected chi connectivity index (χ2v) is 5.35. The number of benzene rings is 1. The molecule has 0 spiro atoms. The van der Waals surface area contributed by atoms with Gasteiger partial charge in [0.15, 0.2) is 5.43 Å². The quantitative estimate of drug-likeness (QED) is 0.803. The number of methoxy groups -OCH3 is 1. The molecule has 1 aromatic carbocycles. The lowest BCUT2D eigenvalue weighted by Crippen LogP contribution is -2.37. The Hall–Kier alpha value is -2.63. The predicted octanol–water partition coefficient (Wildman–Crippen LogP) is 1.22. The molecule has 1 N–H and O–H groups in total. The largest absolute Gasteiger partial charge is 0.465 e. The number of pyridine rings is 1. The van der Waals surface area contributed by atoms with Crippen LogP contribution < -0.4 is 5.43 Å². The normalized spacial score (nSPS) is 13.8. The molecule has 0 radical (unpaired) electrons. The number of esters is 1. The van der Waals surface area contributed by atoms with E-state index in [-0.39, 0.29) is 11.3 Å². The molecule has 1 aromatic heterocycles. The molecule has 114 valence electrons. The van der Waals surface area contributed by atoms with Gasteiger partial charge >= 0.3 is 5.97 Å². The maximum atomic E-state index is 12.6.